The predicted molar refractivity (Wildman–Crippen MR) is 61.8 cm³/mol. The molecule has 0 aromatic heterocycles. The minimum absolute atomic E-state index is 0.0483. The lowest BCUT2D eigenvalue weighted by atomic mass is 9.72. The number of nitrogens with one attached hydrogen (secondary N) is 1. The van der Waals surface area contributed by atoms with Crippen molar-refractivity contribution in [2.75, 3.05) is 6.61 Å². The van der Waals surface area contributed by atoms with Crippen LogP contribution in [-0.2, 0) is 9.53 Å². The lowest BCUT2D eigenvalue weighted by Gasteiger charge is -2.45. The summed E-state index contributed by atoms with van der Waals surface area (Å²) in [4.78, 5) is 11.7. The van der Waals surface area contributed by atoms with Crippen molar-refractivity contribution >= 4 is 5.91 Å². The highest BCUT2D eigenvalue weighted by Crippen LogP contribution is 2.37. The molecule has 1 saturated heterocycles. The highest BCUT2D eigenvalue weighted by molar-refractivity contribution is 5.76. The summed E-state index contributed by atoms with van der Waals surface area (Å²) in [6, 6.07) is 0.141. The molecule has 4 unspecified atom stereocenters. The van der Waals surface area contributed by atoms with Gasteiger partial charge in [-0.05, 0) is 18.8 Å². The van der Waals surface area contributed by atoms with Gasteiger partial charge in [0.05, 0.1) is 12.1 Å². The minimum atomic E-state index is 0.0483. The predicted octanol–water partition coefficient (Wildman–Crippen LogP) is 0.653. The number of hydrogen-bond acceptors (Lipinski definition) is 3. The van der Waals surface area contributed by atoms with Gasteiger partial charge in [-0.25, -0.2) is 0 Å². The molecule has 0 aromatic rings. The van der Waals surface area contributed by atoms with E-state index in [0.717, 1.165) is 19.4 Å². The molecule has 0 bridgehead atoms. The van der Waals surface area contributed by atoms with Crippen LogP contribution in [0, 0.1) is 11.8 Å². The van der Waals surface area contributed by atoms with E-state index in [9.17, 15) is 4.79 Å². The summed E-state index contributed by atoms with van der Waals surface area (Å²) in [5.74, 6) is 1.15. The maximum absolute atomic E-state index is 11.7. The zero-order valence-electron chi connectivity index (χ0n) is 10.1. The molecule has 92 valence electrons. The number of rotatable bonds is 4. The molecule has 4 heteroatoms. The van der Waals surface area contributed by atoms with Crippen LogP contribution in [0.15, 0.2) is 0 Å². The van der Waals surface area contributed by atoms with Gasteiger partial charge < -0.3 is 15.8 Å². The summed E-state index contributed by atoms with van der Waals surface area (Å²) in [6.45, 7) is 5.04. The monoisotopic (exact) mass is 226 g/mol. The molecule has 0 spiro atoms. The van der Waals surface area contributed by atoms with Crippen molar-refractivity contribution in [3.8, 4) is 0 Å². The zero-order valence-corrected chi connectivity index (χ0v) is 10.1. The summed E-state index contributed by atoms with van der Waals surface area (Å²) in [7, 11) is 0. The normalized spacial score (nSPS) is 37.0. The van der Waals surface area contributed by atoms with Gasteiger partial charge >= 0.3 is 0 Å². The maximum Gasteiger partial charge on any atom is 0.220 e. The topological polar surface area (TPSA) is 64.4 Å². The quantitative estimate of drug-likeness (QED) is 0.740. The Morgan fingerprint density at radius 1 is 1.56 bits per heavy atom. The Balaban J connectivity index is 1.75. The molecule has 1 saturated carbocycles. The summed E-state index contributed by atoms with van der Waals surface area (Å²) in [5, 5.41) is 3.00. The van der Waals surface area contributed by atoms with Gasteiger partial charge in [-0.3, -0.25) is 4.79 Å². The van der Waals surface area contributed by atoms with Gasteiger partial charge in [0.1, 0.15) is 0 Å². The molecule has 1 aliphatic carbocycles. The van der Waals surface area contributed by atoms with Crippen molar-refractivity contribution in [3.63, 3.8) is 0 Å². The van der Waals surface area contributed by atoms with E-state index < -0.39 is 0 Å². The molecule has 0 radical (unpaired) electrons. The molecule has 2 rings (SSSR count). The molecule has 16 heavy (non-hydrogen) atoms. The van der Waals surface area contributed by atoms with E-state index in [0.29, 0.717) is 18.3 Å². The summed E-state index contributed by atoms with van der Waals surface area (Å²) in [6.07, 6.45) is 2.75. The number of nitrogens with two attached hydrogens (primary N) is 1. The Labute approximate surface area is 96.9 Å². The zero-order chi connectivity index (χ0) is 11.7. The molecule has 0 aromatic carbocycles. The highest BCUT2D eigenvalue weighted by Gasteiger charge is 2.52. The van der Waals surface area contributed by atoms with Gasteiger partial charge in [-0.1, -0.05) is 13.8 Å². The van der Waals surface area contributed by atoms with Crippen LogP contribution in [0.4, 0.5) is 0 Å². The number of carbonyl (C=O) groups is 1. The Kier molecular flexibility index (Phi) is 3.50. The van der Waals surface area contributed by atoms with Crippen LogP contribution in [0.3, 0.4) is 0 Å². The van der Waals surface area contributed by atoms with Crippen molar-refractivity contribution in [1.82, 2.24) is 5.32 Å². The van der Waals surface area contributed by atoms with Crippen molar-refractivity contribution in [2.45, 2.75) is 51.3 Å². The van der Waals surface area contributed by atoms with Gasteiger partial charge in [-0.15, -0.1) is 0 Å². The molecule has 2 fully saturated rings. The van der Waals surface area contributed by atoms with Crippen LogP contribution in [0.2, 0.25) is 0 Å². The largest absolute Gasteiger partial charge is 0.376 e. The fourth-order valence-electron chi connectivity index (χ4n) is 2.61. The van der Waals surface area contributed by atoms with Crippen LogP contribution >= 0.6 is 0 Å². The van der Waals surface area contributed by atoms with Gasteiger partial charge in [0.2, 0.25) is 5.91 Å². The van der Waals surface area contributed by atoms with E-state index in [1.807, 2.05) is 0 Å². The standard InChI is InChI=1S/C12H22N2O2/c1-7(2)3-4-9(15)14-11-10(13)8-5-6-16-12(8)11/h7-8,10-12H,3-6,13H2,1-2H3,(H,14,15). The molecule has 4 nitrogen and oxygen atoms in total. The van der Waals surface area contributed by atoms with E-state index in [2.05, 4.69) is 19.2 Å². The smallest absolute Gasteiger partial charge is 0.220 e. The first-order chi connectivity index (χ1) is 7.59. The Morgan fingerprint density at radius 3 is 3.00 bits per heavy atom. The third-order valence-electron chi connectivity index (χ3n) is 3.72. The fourth-order valence-corrected chi connectivity index (χ4v) is 2.61. The van der Waals surface area contributed by atoms with Crippen LogP contribution < -0.4 is 11.1 Å². The third-order valence-corrected chi connectivity index (χ3v) is 3.72. The van der Waals surface area contributed by atoms with Crippen LogP contribution in [0.1, 0.15) is 33.1 Å². The second-order valence-corrected chi connectivity index (χ2v) is 5.39. The first-order valence-electron chi connectivity index (χ1n) is 6.26. The van der Waals surface area contributed by atoms with E-state index >= 15 is 0 Å². The highest BCUT2D eigenvalue weighted by atomic mass is 16.5. The lowest BCUT2D eigenvalue weighted by molar-refractivity contribution is -0.125. The van der Waals surface area contributed by atoms with Crippen LogP contribution in [0.5, 0.6) is 0 Å². The average Bonchev–Trinajstić information content (AvgIpc) is 2.67. The van der Waals surface area contributed by atoms with E-state index in [-0.39, 0.29) is 24.1 Å². The Bertz CT molecular complexity index is 268. The molecule has 3 N–H and O–H groups in total. The van der Waals surface area contributed by atoms with E-state index in [4.69, 9.17) is 10.5 Å². The molecular formula is C12H22N2O2. The molecule has 1 amide bonds. The first kappa shape index (κ1) is 11.9. The number of ether oxygens (including phenoxy) is 1. The van der Waals surface area contributed by atoms with Crippen molar-refractivity contribution in [2.24, 2.45) is 17.6 Å². The maximum atomic E-state index is 11.7. The number of hydrogen-bond donors (Lipinski definition) is 2. The second kappa shape index (κ2) is 4.72. The van der Waals surface area contributed by atoms with Crippen molar-refractivity contribution < 1.29 is 9.53 Å². The molecule has 1 heterocycles. The van der Waals surface area contributed by atoms with E-state index in [1.54, 1.807) is 0 Å². The average molecular weight is 226 g/mol. The summed E-state index contributed by atoms with van der Waals surface area (Å²) >= 11 is 0. The molecule has 2 aliphatic rings. The molecular weight excluding hydrogens is 204 g/mol. The third kappa shape index (κ3) is 2.23. The van der Waals surface area contributed by atoms with Gasteiger partial charge in [0.25, 0.3) is 0 Å². The minimum Gasteiger partial charge on any atom is -0.376 e. The fraction of sp³-hybridized carbons (Fsp3) is 0.917. The lowest BCUT2D eigenvalue weighted by Crippen LogP contribution is -2.68. The summed E-state index contributed by atoms with van der Waals surface area (Å²) < 4.78 is 5.57. The van der Waals surface area contributed by atoms with Gasteiger partial charge in [0, 0.05) is 25.0 Å². The van der Waals surface area contributed by atoms with Crippen LogP contribution in [-0.4, -0.2) is 30.7 Å². The number of fused-ring (bicyclic) bond motifs is 1. The van der Waals surface area contributed by atoms with Gasteiger partial charge in [-0.2, -0.15) is 0 Å². The van der Waals surface area contributed by atoms with Gasteiger partial charge in [0.15, 0.2) is 0 Å². The molecule has 4 atom stereocenters. The van der Waals surface area contributed by atoms with Crippen molar-refractivity contribution in [1.29, 1.82) is 0 Å². The second-order valence-electron chi connectivity index (χ2n) is 5.39. The number of carbonyl (C=O) groups excluding carboxylic acids is 1. The SMILES string of the molecule is CC(C)CCC(=O)NC1C(N)C2CCOC21. The molecule has 1 aliphatic heterocycles. The Hall–Kier alpha value is -0.610. The Morgan fingerprint density at radius 2 is 2.31 bits per heavy atom. The van der Waals surface area contributed by atoms with E-state index in [1.165, 1.54) is 0 Å². The van der Waals surface area contributed by atoms with Crippen LogP contribution in [0.25, 0.3) is 0 Å². The first-order valence-corrected chi connectivity index (χ1v) is 6.26. The number of amides is 1. The van der Waals surface area contributed by atoms with Crippen molar-refractivity contribution in [3.05, 3.63) is 0 Å². The summed E-state index contributed by atoms with van der Waals surface area (Å²) in [5.41, 5.74) is 6.02.